The van der Waals surface area contributed by atoms with Crippen molar-refractivity contribution < 1.29 is 44.3 Å². The monoisotopic (exact) mass is 686 g/mol. The zero-order valence-corrected chi connectivity index (χ0v) is 26.0. The van der Waals surface area contributed by atoms with E-state index < -0.39 is 53.9 Å². The maximum absolute atomic E-state index is 14.0. The number of ether oxygens (including phenoxy) is 1. The molecule has 0 saturated carbocycles. The molecule has 0 spiro atoms. The Balaban J connectivity index is 1.61. The first-order chi connectivity index (χ1) is 22.4. The number of anilines is 1. The number of tetrazole rings is 1. The third kappa shape index (κ3) is 8.09. The van der Waals surface area contributed by atoms with Gasteiger partial charge in [-0.05, 0) is 88.8 Å². The molecule has 4 aromatic rings. The van der Waals surface area contributed by atoms with Crippen molar-refractivity contribution in [2.24, 2.45) is 7.05 Å². The average Bonchev–Trinajstić information content (AvgIpc) is 3.46. The van der Waals surface area contributed by atoms with Gasteiger partial charge in [0, 0.05) is 32.2 Å². The molecule has 48 heavy (non-hydrogen) atoms. The number of alkyl halides is 9. The molecule has 1 aliphatic rings. The first-order valence-corrected chi connectivity index (χ1v) is 14.8. The summed E-state index contributed by atoms with van der Waals surface area (Å²) in [5, 5.41) is 11.7. The minimum atomic E-state index is -5.10. The Hall–Kier alpha value is -4.18. The number of halogens is 9. The highest BCUT2D eigenvalue weighted by Gasteiger charge is 2.37. The van der Waals surface area contributed by atoms with Crippen molar-refractivity contribution in [1.29, 1.82) is 0 Å². The lowest BCUT2D eigenvalue weighted by Gasteiger charge is -2.33. The fourth-order valence-electron chi connectivity index (χ4n) is 5.66. The fraction of sp³-hybridized carbons (Fsp3) is 0.406. The number of aromatic nitrogens is 4. The Morgan fingerprint density at radius 3 is 1.96 bits per heavy atom. The molecule has 1 fully saturated rings. The number of benzene rings is 3. The third-order valence-electron chi connectivity index (χ3n) is 8.22. The van der Waals surface area contributed by atoms with Crippen molar-refractivity contribution in [3.63, 3.8) is 0 Å². The quantitative estimate of drug-likeness (QED) is 0.176. The lowest BCUT2D eigenvalue weighted by atomic mass is 9.91. The molecule has 0 aliphatic carbocycles. The van der Waals surface area contributed by atoms with Crippen LogP contribution in [-0.2, 0) is 43.4 Å². The molecule has 1 aliphatic heterocycles. The van der Waals surface area contributed by atoms with E-state index in [1.54, 1.807) is 6.92 Å². The van der Waals surface area contributed by atoms with E-state index in [1.165, 1.54) is 18.0 Å². The second-order valence-corrected chi connectivity index (χ2v) is 11.6. The first-order valence-electron chi connectivity index (χ1n) is 14.8. The van der Waals surface area contributed by atoms with Gasteiger partial charge < -0.3 is 9.64 Å². The number of aryl methyl sites for hydroxylation is 2. The predicted octanol–water partition coefficient (Wildman–Crippen LogP) is 7.84. The van der Waals surface area contributed by atoms with Gasteiger partial charge in [-0.2, -0.15) is 44.3 Å². The van der Waals surface area contributed by atoms with E-state index in [2.05, 4.69) is 20.3 Å². The number of rotatable bonds is 8. The SMILES string of the molecule is Cc1ccc(C(C)N2CCOCC2)cc1-c1ccc(C(F)(F)F)cc1CN(Cc1cc(C(F)(F)F)cc(C(F)(F)F)c1)c1nnn(C)n1. The second-order valence-electron chi connectivity index (χ2n) is 11.6. The van der Waals surface area contributed by atoms with E-state index in [4.69, 9.17) is 4.74 Å². The maximum Gasteiger partial charge on any atom is 0.416 e. The summed E-state index contributed by atoms with van der Waals surface area (Å²) in [7, 11) is 1.39. The van der Waals surface area contributed by atoms with Crippen LogP contribution in [0.15, 0.2) is 54.6 Å². The van der Waals surface area contributed by atoms with Crippen molar-refractivity contribution in [1.82, 2.24) is 25.1 Å². The Morgan fingerprint density at radius 1 is 0.771 bits per heavy atom. The van der Waals surface area contributed by atoms with Crippen LogP contribution in [-0.4, -0.2) is 51.4 Å². The zero-order chi connectivity index (χ0) is 35.0. The summed E-state index contributed by atoms with van der Waals surface area (Å²) in [6.07, 6.45) is -14.9. The molecule has 0 bridgehead atoms. The van der Waals surface area contributed by atoms with Crippen molar-refractivity contribution >= 4 is 5.95 Å². The van der Waals surface area contributed by atoms with Gasteiger partial charge >= 0.3 is 18.5 Å². The Morgan fingerprint density at radius 2 is 1.40 bits per heavy atom. The summed E-state index contributed by atoms with van der Waals surface area (Å²) in [4.78, 5) is 4.43. The average molecular weight is 687 g/mol. The van der Waals surface area contributed by atoms with Gasteiger partial charge in [0.1, 0.15) is 0 Å². The molecule has 16 heteroatoms. The third-order valence-corrected chi connectivity index (χ3v) is 8.22. The predicted molar refractivity (Wildman–Crippen MR) is 158 cm³/mol. The van der Waals surface area contributed by atoms with Crippen LogP contribution >= 0.6 is 0 Å². The van der Waals surface area contributed by atoms with Gasteiger partial charge in [0.15, 0.2) is 0 Å². The molecule has 3 aromatic carbocycles. The van der Waals surface area contributed by atoms with Crippen LogP contribution in [0.2, 0.25) is 0 Å². The Labute approximate surface area is 269 Å². The standard InChI is InChI=1S/C32H31F9N6O/c1-19-4-5-22(20(2)46-8-10-48-11-9-46)15-28(19)27-7-6-24(30(33,34)35)14-23(27)18-47(29-42-44-45(3)43-29)17-21-12-25(31(36,37)38)16-26(13-21)32(39,40)41/h4-7,12-16,20H,8-11,17-18H2,1-3H3. The van der Waals surface area contributed by atoms with Crippen molar-refractivity contribution in [3.05, 3.63) is 93.5 Å². The summed E-state index contributed by atoms with van der Waals surface area (Å²) in [5.74, 6) is -0.210. The van der Waals surface area contributed by atoms with Crippen LogP contribution < -0.4 is 4.90 Å². The molecule has 5 rings (SSSR count). The molecule has 1 unspecified atom stereocenters. The van der Waals surface area contributed by atoms with E-state index in [-0.39, 0.29) is 23.6 Å². The molecular weight excluding hydrogens is 655 g/mol. The van der Waals surface area contributed by atoms with E-state index >= 15 is 0 Å². The molecule has 0 N–H and O–H groups in total. The van der Waals surface area contributed by atoms with E-state index in [1.807, 2.05) is 25.1 Å². The molecule has 2 heterocycles. The van der Waals surface area contributed by atoms with E-state index in [0.717, 1.165) is 28.1 Å². The maximum atomic E-state index is 14.0. The van der Waals surface area contributed by atoms with Crippen molar-refractivity contribution in [2.45, 2.75) is 51.5 Å². The normalized spacial score (nSPS) is 15.5. The summed E-state index contributed by atoms with van der Waals surface area (Å²) in [6, 6.07) is 9.93. The lowest BCUT2D eigenvalue weighted by Crippen LogP contribution is -2.38. The number of hydrogen-bond donors (Lipinski definition) is 0. The van der Waals surface area contributed by atoms with Crippen LogP contribution in [0.3, 0.4) is 0 Å². The number of nitrogens with zero attached hydrogens (tertiary/aromatic N) is 6. The molecule has 7 nitrogen and oxygen atoms in total. The van der Waals surface area contributed by atoms with Crippen LogP contribution in [0.25, 0.3) is 11.1 Å². The Bertz CT molecular complexity index is 1710. The van der Waals surface area contributed by atoms with Crippen LogP contribution in [0.4, 0.5) is 45.5 Å². The lowest BCUT2D eigenvalue weighted by molar-refractivity contribution is -0.143. The second kappa shape index (κ2) is 13.4. The highest BCUT2D eigenvalue weighted by molar-refractivity contribution is 5.72. The minimum Gasteiger partial charge on any atom is -0.379 e. The van der Waals surface area contributed by atoms with Gasteiger partial charge in [0.2, 0.25) is 0 Å². The van der Waals surface area contributed by atoms with Gasteiger partial charge in [-0.3, -0.25) is 4.90 Å². The van der Waals surface area contributed by atoms with Gasteiger partial charge in [-0.15, -0.1) is 5.10 Å². The number of morpholine rings is 1. The van der Waals surface area contributed by atoms with Gasteiger partial charge in [0.05, 0.1) is 37.0 Å². The summed E-state index contributed by atoms with van der Waals surface area (Å²) in [6.45, 7) is 5.31. The summed E-state index contributed by atoms with van der Waals surface area (Å²) in [5.41, 5.74) is -1.70. The Kier molecular flexibility index (Phi) is 9.79. The van der Waals surface area contributed by atoms with Crippen LogP contribution in [0, 0.1) is 6.92 Å². The highest BCUT2D eigenvalue weighted by atomic mass is 19.4. The molecule has 0 amide bonds. The molecule has 258 valence electrons. The van der Waals surface area contributed by atoms with E-state index in [9.17, 15) is 39.5 Å². The van der Waals surface area contributed by atoms with Gasteiger partial charge in [-0.25, -0.2) is 0 Å². The summed E-state index contributed by atoms with van der Waals surface area (Å²) < 4.78 is 129. The minimum absolute atomic E-state index is 0.00694. The smallest absolute Gasteiger partial charge is 0.379 e. The largest absolute Gasteiger partial charge is 0.416 e. The fourth-order valence-corrected chi connectivity index (χ4v) is 5.66. The molecular formula is C32H31F9N6O. The highest BCUT2D eigenvalue weighted by Crippen LogP contribution is 2.39. The first kappa shape index (κ1) is 35.1. The zero-order valence-electron chi connectivity index (χ0n) is 26.0. The molecule has 1 saturated heterocycles. The van der Waals surface area contributed by atoms with E-state index in [0.29, 0.717) is 49.6 Å². The van der Waals surface area contributed by atoms with Gasteiger partial charge in [-0.1, -0.05) is 23.3 Å². The summed E-state index contributed by atoms with van der Waals surface area (Å²) >= 11 is 0. The topological polar surface area (TPSA) is 59.3 Å². The van der Waals surface area contributed by atoms with Crippen LogP contribution in [0.1, 0.15) is 51.9 Å². The van der Waals surface area contributed by atoms with Crippen molar-refractivity contribution in [3.8, 4) is 11.1 Å². The molecule has 0 radical (unpaired) electrons. The van der Waals surface area contributed by atoms with Crippen molar-refractivity contribution in [2.75, 3.05) is 31.2 Å². The van der Waals surface area contributed by atoms with Gasteiger partial charge in [0.25, 0.3) is 5.95 Å². The number of hydrogen-bond acceptors (Lipinski definition) is 6. The molecule has 1 aromatic heterocycles. The van der Waals surface area contributed by atoms with Crippen LogP contribution in [0.5, 0.6) is 0 Å². The molecule has 1 atom stereocenters.